The third kappa shape index (κ3) is 3.31. The molecule has 0 bridgehead atoms. The average Bonchev–Trinajstić information content (AvgIpc) is 2.47. The van der Waals surface area contributed by atoms with Crippen molar-refractivity contribution >= 4 is 11.8 Å². The maximum absolute atomic E-state index is 6.13. The third-order valence-electron chi connectivity index (χ3n) is 3.05. The van der Waals surface area contributed by atoms with E-state index in [1.165, 1.54) is 0 Å². The Morgan fingerprint density at radius 1 is 1.05 bits per heavy atom. The highest BCUT2D eigenvalue weighted by Crippen LogP contribution is 2.34. The van der Waals surface area contributed by atoms with Gasteiger partial charge in [0.2, 0.25) is 0 Å². The highest BCUT2D eigenvalue weighted by atomic mass is 32.2. The Balaban J connectivity index is 2.33. The van der Waals surface area contributed by atoms with Crippen molar-refractivity contribution in [2.45, 2.75) is 24.3 Å². The van der Waals surface area contributed by atoms with Crippen molar-refractivity contribution in [3.63, 3.8) is 0 Å². The van der Waals surface area contributed by atoms with E-state index in [0.717, 1.165) is 28.4 Å². The predicted molar refractivity (Wildman–Crippen MR) is 82.0 cm³/mol. The fraction of sp³-hybridized carbons (Fsp3) is 0.250. The number of hydrogen-bond acceptors (Lipinski definition) is 3. The van der Waals surface area contributed by atoms with Gasteiger partial charge in [-0.2, -0.15) is 0 Å². The summed E-state index contributed by atoms with van der Waals surface area (Å²) in [4.78, 5) is 1.13. The number of rotatable bonds is 5. The van der Waals surface area contributed by atoms with Gasteiger partial charge in [0.25, 0.3) is 0 Å². The molecule has 1 atom stereocenters. The Morgan fingerprint density at radius 3 is 2.37 bits per heavy atom. The molecule has 2 rings (SSSR count). The summed E-state index contributed by atoms with van der Waals surface area (Å²) in [5, 5.41) is 0. The number of benzene rings is 2. The van der Waals surface area contributed by atoms with Crippen LogP contribution < -0.4 is 10.5 Å². The first kappa shape index (κ1) is 14.0. The van der Waals surface area contributed by atoms with Crippen LogP contribution in [0.4, 0.5) is 0 Å². The molecule has 0 aliphatic heterocycles. The second-order valence-electron chi connectivity index (χ2n) is 4.31. The van der Waals surface area contributed by atoms with Crippen molar-refractivity contribution < 1.29 is 4.74 Å². The highest BCUT2D eigenvalue weighted by Gasteiger charge is 2.11. The van der Waals surface area contributed by atoms with Crippen LogP contribution in [0, 0.1) is 0 Å². The van der Waals surface area contributed by atoms with Crippen LogP contribution in [0.5, 0.6) is 11.5 Å². The van der Waals surface area contributed by atoms with Gasteiger partial charge in [-0.1, -0.05) is 37.3 Å². The zero-order chi connectivity index (χ0) is 13.7. The van der Waals surface area contributed by atoms with Gasteiger partial charge in [-0.25, -0.2) is 0 Å². The van der Waals surface area contributed by atoms with E-state index < -0.39 is 0 Å². The summed E-state index contributed by atoms with van der Waals surface area (Å²) >= 11 is 1.68. The predicted octanol–water partition coefficient (Wildman–Crippen LogP) is 4.61. The normalized spacial score (nSPS) is 12.2. The monoisotopic (exact) mass is 273 g/mol. The molecule has 100 valence electrons. The van der Waals surface area contributed by atoms with Crippen LogP contribution >= 0.6 is 11.8 Å². The number of para-hydroxylation sites is 2. The van der Waals surface area contributed by atoms with Gasteiger partial charge < -0.3 is 10.5 Å². The topological polar surface area (TPSA) is 35.2 Å². The molecule has 19 heavy (non-hydrogen) atoms. The molecule has 0 aliphatic rings. The molecular weight excluding hydrogens is 254 g/mol. The molecule has 0 aliphatic carbocycles. The SMILES string of the molecule is CC[C@H](N)c1ccccc1Oc1ccccc1SC. The number of nitrogens with two attached hydrogens (primary N) is 1. The van der Waals surface area contributed by atoms with E-state index in [1.807, 2.05) is 48.7 Å². The van der Waals surface area contributed by atoms with Gasteiger partial charge in [0.1, 0.15) is 11.5 Å². The maximum Gasteiger partial charge on any atom is 0.140 e. The van der Waals surface area contributed by atoms with Crippen molar-refractivity contribution in [2.75, 3.05) is 6.26 Å². The Morgan fingerprint density at radius 2 is 1.68 bits per heavy atom. The van der Waals surface area contributed by atoms with E-state index in [2.05, 4.69) is 13.0 Å². The van der Waals surface area contributed by atoms with Crippen LogP contribution in [0.3, 0.4) is 0 Å². The molecule has 3 heteroatoms. The number of hydrogen-bond donors (Lipinski definition) is 1. The number of ether oxygens (including phenoxy) is 1. The smallest absolute Gasteiger partial charge is 0.140 e. The van der Waals surface area contributed by atoms with Gasteiger partial charge in [-0.15, -0.1) is 11.8 Å². The largest absolute Gasteiger partial charge is 0.456 e. The van der Waals surface area contributed by atoms with Gasteiger partial charge in [0, 0.05) is 16.5 Å². The van der Waals surface area contributed by atoms with E-state index in [0.29, 0.717) is 0 Å². The van der Waals surface area contributed by atoms with Crippen LogP contribution in [0.25, 0.3) is 0 Å². The minimum Gasteiger partial charge on any atom is -0.456 e. The second-order valence-corrected chi connectivity index (χ2v) is 5.15. The molecule has 0 fully saturated rings. The zero-order valence-corrected chi connectivity index (χ0v) is 12.1. The van der Waals surface area contributed by atoms with E-state index in [1.54, 1.807) is 11.8 Å². The highest BCUT2D eigenvalue weighted by molar-refractivity contribution is 7.98. The van der Waals surface area contributed by atoms with Crippen LogP contribution in [-0.4, -0.2) is 6.26 Å². The zero-order valence-electron chi connectivity index (χ0n) is 11.3. The Bertz CT molecular complexity index is 542. The van der Waals surface area contributed by atoms with Crippen molar-refractivity contribution in [2.24, 2.45) is 5.73 Å². The molecule has 0 heterocycles. The van der Waals surface area contributed by atoms with E-state index >= 15 is 0 Å². The lowest BCUT2D eigenvalue weighted by Crippen LogP contribution is -2.09. The minimum absolute atomic E-state index is 0.0117. The first-order valence-electron chi connectivity index (χ1n) is 6.41. The molecule has 2 N–H and O–H groups in total. The third-order valence-corrected chi connectivity index (χ3v) is 3.82. The van der Waals surface area contributed by atoms with Gasteiger partial charge in [0.05, 0.1) is 0 Å². The summed E-state index contributed by atoms with van der Waals surface area (Å²) in [5.74, 6) is 1.73. The molecule has 0 spiro atoms. The quantitative estimate of drug-likeness (QED) is 0.808. The second kappa shape index (κ2) is 6.64. The first-order chi connectivity index (χ1) is 9.26. The lowest BCUT2D eigenvalue weighted by molar-refractivity contribution is 0.458. The van der Waals surface area contributed by atoms with Crippen LogP contribution in [-0.2, 0) is 0 Å². The van der Waals surface area contributed by atoms with Crippen LogP contribution in [0.2, 0.25) is 0 Å². The van der Waals surface area contributed by atoms with Crippen molar-refractivity contribution in [3.05, 3.63) is 54.1 Å². The Kier molecular flexibility index (Phi) is 4.88. The average molecular weight is 273 g/mol. The fourth-order valence-electron chi connectivity index (χ4n) is 1.92. The number of thioether (sulfide) groups is 1. The first-order valence-corrected chi connectivity index (χ1v) is 7.64. The van der Waals surface area contributed by atoms with Gasteiger partial charge in [-0.05, 0) is 30.9 Å². The molecule has 0 aromatic heterocycles. The lowest BCUT2D eigenvalue weighted by Gasteiger charge is -2.16. The van der Waals surface area contributed by atoms with Crippen molar-refractivity contribution in [1.82, 2.24) is 0 Å². The summed E-state index contributed by atoms with van der Waals surface area (Å²) in [5.41, 5.74) is 7.19. The summed E-state index contributed by atoms with van der Waals surface area (Å²) in [6.45, 7) is 2.08. The standard InChI is InChI=1S/C16H19NOS/c1-3-13(17)12-8-4-5-9-14(12)18-15-10-6-7-11-16(15)19-2/h4-11,13H,3,17H2,1-2H3/t13-/m0/s1. The van der Waals surface area contributed by atoms with Gasteiger partial charge >= 0.3 is 0 Å². The molecule has 0 amide bonds. The molecule has 0 saturated carbocycles. The van der Waals surface area contributed by atoms with E-state index in [4.69, 9.17) is 10.5 Å². The van der Waals surface area contributed by atoms with Gasteiger partial charge in [0.15, 0.2) is 0 Å². The molecule has 2 aromatic rings. The lowest BCUT2D eigenvalue weighted by atomic mass is 10.0. The molecule has 2 nitrogen and oxygen atoms in total. The van der Waals surface area contributed by atoms with Crippen molar-refractivity contribution in [1.29, 1.82) is 0 Å². The summed E-state index contributed by atoms with van der Waals surface area (Å²) < 4.78 is 6.05. The molecule has 2 aromatic carbocycles. The summed E-state index contributed by atoms with van der Waals surface area (Å²) in [6, 6.07) is 16.0. The van der Waals surface area contributed by atoms with E-state index in [9.17, 15) is 0 Å². The van der Waals surface area contributed by atoms with Crippen molar-refractivity contribution in [3.8, 4) is 11.5 Å². The molecule has 0 unspecified atom stereocenters. The summed E-state index contributed by atoms with van der Waals surface area (Å²) in [6.07, 6.45) is 2.94. The molecular formula is C16H19NOS. The molecule has 0 radical (unpaired) electrons. The van der Waals surface area contributed by atoms with E-state index in [-0.39, 0.29) is 6.04 Å². The fourth-order valence-corrected chi connectivity index (χ4v) is 2.45. The van der Waals surface area contributed by atoms with Crippen LogP contribution in [0.1, 0.15) is 24.9 Å². The summed E-state index contributed by atoms with van der Waals surface area (Å²) in [7, 11) is 0. The molecule has 0 saturated heterocycles. The maximum atomic E-state index is 6.13. The minimum atomic E-state index is 0.0117. The Hall–Kier alpha value is -1.45. The Labute approximate surface area is 119 Å². The van der Waals surface area contributed by atoms with Gasteiger partial charge in [-0.3, -0.25) is 0 Å². The van der Waals surface area contributed by atoms with Crippen LogP contribution in [0.15, 0.2) is 53.4 Å².